The van der Waals surface area contributed by atoms with Gasteiger partial charge in [-0.3, -0.25) is 9.67 Å². The average Bonchev–Trinajstić information content (AvgIpc) is 2.92. The van der Waals surface area contributed by atoms with Gasteiger partial charge in [0.1, 0.15) is 5.52 Å². The summed E-state index contributed by atoms with van der Waals surface area (Å²) in [6.07, 6.45) is 4.12. The first kappa shape index (κ1) is 15.5. The molecule has 0 atom stereocenters. The molecule has 23 heavy (non-hydrogen) atoms. The highest BCUT2D eigenvalue weighted by molar-refractivity contribution is 5.80. The van der Waals surface area contributed by atoms with E-state index < -0.39 is 17.5 Å². The van der Waals surface area contributed by atoms with Gasteiger partial charge in [0.05, 0.1) is 11.7 Å². The van der Waals surface area contributed by atoms with Gasteiger partial charge in [0.25, 0.3) is 0 Å². The van der Waals surface area contributed by atoms with Gasteiger partial charge in [0, 0.05) is 18.3 Å². The molecule has 0 aliphatic rings. The first-order chi connectivity index (χ1) is 11.0. The summed E-state index contributed by atoms with van der Waals surface area (Å²) < 4.78 is 41.7. The highest BCUT2D eigenvalue weighted by Crippen LogP contribution is 2.26. The topological polar surface area (TPSA) is 30.7 Å². The molecule has 3 aromatic rings. The fraction of sp³-hybridized carbons (Fsp3) is 0.294. The van der Waals surface area contributed by atoms with E-state index in [-0.39, 0.29) is 5.56 Å². The van der Waals surface area contributed by atoms with Crippen molar-refractivity contribution in [3.05, 3.63) is 48.0 Å². The van der Waals surface area contributed by atoms with Crippen molar-refractivity contribution >= 4 is 11.0 Å². The minimum Gasteiger partial charge on any atom is -0.263 e. The summed E-state index contributed by atoms with van der Waals surface area (Å²) >= 11 is 0. The Labute approximate surface area is 131 Å². The molecule has 2 aromatic heterocycles. The van der Waals surface area contributed by atoms with Crippen LogP contribution < -0.4 is 0 Å². The number of rotatable bonds is 4. The van der Waals surface area contributed by atoms with E-state index in [0.717, 1.165) is 30.6 Å². The lowest BCUT2D eigenvalue weighted by Gasteiger charge is -2.07. The maximum Gasteiger partial charge on any atom is 0.194 e. The van der Waals surface area contributed by atoms with E-state index >= 15 is 0 Å². The molecule has 0 radical (unpaired) electrons. The van der Waals surface area contributed by atoms with Gasteiger partial charge in [-0.05, 0) is 36.1 Å². The summed E-state index contributed by atoms with van der Waals surface area (Å²) in [5, 5.41) is 4.30. The van der Waals surface area contributed by atoms with Gasteiger partial charge in [0.15, 0.2) is 17.5 Å². The largest absolute Gasteiger partial charge is 0.263 e. The first-order valence-corrected chi connectivity index (χ1v) is 7.42. The molecule has 0 spiro atoms. The summed E-state index contributed by atoms with van der Waals surface area (Å²) in [7, 11) is 0. The monoisotopic (exact) mass is 319 g/mol. The van der Waals surface area contributed by atoms with Crippen LogP contribution in [0.25, 0.3) is 22.2 Å². The zero-order valence-corrected chi connectivity index (χ0v) is 12.9. The van der Waals surface area contributed by atoms with Crippen LogP contribution >= 0.6 is 0 Å². The Bertz CT molecular complexity index is 832. The van der Waals surface area contributed by atoms with Crippen LogP contribution in [-0.2, 0) is 6.54 Å². The number of hydrogen-bond donors (Lipinski definition) is 0. The molecule has 3 rings (SSSR count). The third kappa shape index (κ3) is 3.06. The predicted octanol–water partition coefficient (Wildman–Crippen LogP) is 4.56. The molecule has 0 unspecified atom stereocenters. The van der Waals surface area contributed by atoms with Crippen molar-refractivity contribution in [1.82, 2.24) is 14.8 Å². The molecule has 0 aliphatic carbocycles. The Balaban J connectivity index is 2.04. The van der Waals surface area contributed by atoms with E-state index in [0.29, 0.717) is 17.0 Å². The number of nitrogens with zero attached hydrogens (tertiary/aromatic N) is 3. The van der Waals surface area contributed by atoms with E-state index in [1.807, 2.05) is 4.68 Å². The van der Waals surface area contributed by atoms with E-state index in [4.69, 9.17) is 0 Å². The summed E-state index contributed by atoms with van der Waals surface area (Å²) in [5.74, 6) is -3.36. The van der Waals surface area contributed by atoms with Crippen LogP contribution in [0.15, 0.2) is 30.6 Å². The van der Waals surface area contributed by atoms with Crippen LogP contribution in [0.4, 0.5) is 13.2 Å². The minimum absolute atomic E-state index is 0.243. The van der Waals surface area contributed by atoms with E-state index in [9.17, 15) is 13.2 Å². The molecule has 0 aliphatic heterocycles. The fourth-order valence-corrected chi connectivity index (χ4v) is 2.40. The van der Waals surface area contributed by atoms with Crippen molar-refractivity contribution in [1.29, 1.82) is 0 Å². The Kier molecular flexibility index (Phi) is 4.07. The normalized spacial score (nSPS) is 11.6. The zero-order valence-electron chi connectivity index (χ0n) is 12.9. The third-order valence-electron chi connectivity index (χ3n) is 3.73. The molecule has 6 heteroatoms. The number of halogens is 3. The minimum atomic E-state index is -1.47. The summed E-state index contributed by atoms with van der Waals surface area (Å²) in [5.41, 5.74) is 2.25. The zero-order chi connectivity index (χ0) is 16.6. The lowest BCUT2D eigenvalue weighted by molar-refractivity contribution is 0.447. The van der Waals surface area contributed by atoms with Crippen LogP contribution in [0.5, 0.6) is 0 Å². The molecule has 0 amide bonds. The number of benzene rings is 1. The SMILES string of the molecule is CC(C)CCn1ncc2ncc(-c3cc(F)c(F)c(F)c3)cc21. The highest BCUT2D eigenvalue weighted by atomic mass is 19.2. The van der Waals surface area contributed by atoms with Gasteiger partial charge in [0.2, 0.25) is 0 Å². The van der Waals surface area contributed by atoms with Crippen molar-refractivity contribution in [2.24, 2.45) is 5.92 Å². The average molecular weight is 319 g/mol. The molecule has 2 heterocycles. The number of aromatic nitrogens is 3. The summed E-state index contributed by atoms with van der Waals surface area (Å²) in [6, 6.07) is 3.70. The molecule has 0 N–H and O–H groups in total. The Hall–Kier alpha value is -2.37. The molecule has 0 saturated carbocycles. The second kappa shape index (κ2) is 6.02. The molecular formula is C17H16F3N3. The summed E-state index contributed by atoms with van der Waals surface area (Å²) in [6.45, 7) is 4.98. The Morgan fingerprint density at radius 3 is 2.35 bits per heavy atom. The molecule has 0 fully saturated rings. The van der Waals surface area contributed by atoms with E-state index in [2.05, 4.69) is 23.9 Å². The van der Waals surface area contributed by atoms with Gasteiger partial charge < -0.3 is 0 Å². The van der Waals surface area contributed by atoms with Gasteiger partial charge in [-0.1, -0.05) is 13.8 Å². The number of pyridine rings is 1. The maximum atomic E-state index is 13.4. The van der Waals surface area contributed by atoms with Crippen molar-refractivity contribution in [3.63, 3.8) is 0 Å². The van der Waals surface area contributed by atoms with Crippen LogP contribution in [0.2, 0.25) is 0 Å². The number of hydrogen-bond acceptors (Lipinski definition) is 2. The van der Waals surface area contributed by atoms with Crippen molar-refractivity contribution in [2.75, 3.05) is 0 Å². The molecule has 3 nitrogen and oxygen atoms in total. The van der Waals surface area contributed by atoms with Crippen molar-refractivity contribution in [2.45, 2.75) is 26.8 Å². The standard InChI is InChI=1S/C17H16F3N3/c1-10(2)3-4-23-16-7-12(8-21-15(16)9-22-23)11-5-13(18)17(20)14(19)6-11/h5-10H,3-4H2,1-2H3. The molecule has 0 bridgehead atoms. The van der Waals surface area contributed by atoms with Crippen LogP contribution in [0, 0.1) is 23.4 Å². The van der Waals surface area contributed by atoms with E-state index in [1.165, 1.54) is 6.20 Å². The van der Waals surface area contributed by atoms with Crippen LogP contribution in [0.1, 0.15) is 20.3 Å². The Morgan fingerprint density at radius 1 is 1.00 bits per heavy atom. The third-order valence-corrected chi connectivity index (χ3v) is 3.73. The van der Waals surface area contributed by atoms with Gasteiger partial charge in [-0.25, -0.2) is 13.2 Å². The first-order valence-electron chi connectivity index (χ1n) is 7.42. The second-order valence-corrected chi connectivity index (χ2v) is 5.93. The lowest BCUT2D eigenvalue weighted by atomic mass is 10.1. The van der Waals surface area contributed by atoms with Crippen molar-refractivity contribution in [3.8, 4) is 11.1 Å². The van der Waals surface area contributed by atoms with E-state index in [1.54, 1.807) is 12.3 Å². The van der Waals surface area contributed by atoms with Gasteiger partial charge >= 0.3 is 0 Å². The predicted molar refractivity (Wildman–Crippen MR) is 82.3 cm³/mol. The summed E-state index contributed by atoms with van der Waals surface area (Å²) in [4.78, 5) is 4.27. The maximum absolute atomic E-state index is 13.4. The Morgan fingerprint density at radius 2 is 1.70 bits per heavy atom. The van der Waals surface area contributed by atoms with Crippen LogP contribution in [0.3, 0.4) is 0 Å². The smallest absolute Gasteiger partial charge is 0.194 e. The highest BCUT2D eigenvalue weighted by Gasteiger charge is 2.13. The van der Waals surface area contributed by atoms with Gasteiger partial charge in [-0.15, -0.1) is 0 Å². The van der Waals surface area contributed by atoms with Crippen molar-refractivity contribution < 1.29 is 13.2 Å². The molecule has 0 saturated heterocycles. The second-order valence-electron chi connectivity index (χ2n) is 5.93. The lowest BCUT2D eigenvalue weighted by Crippen LogP contribution is -2.03. The number of aryl methyl sites for hydroxylation is 1. The fourth-order valence-electron chi connectivity index (χ4n) is 2.40. The number of fused-ring (bicyclic) bond motifs is 1. The molecular weight excluding hydrogens is 303 g/mol. The quantitative estimate of drug-likeness (QED) is 0.660. The molecule has 1 aromatic carbocycles. The van der Waals surface area contributed by atoms with Gasteiger partial charge in [-0.2, -0.15) is 5.10 Å². The molecule has 120 valence electrons. The van der Waals surface area contributed by atoms with Crippen LogP contribution in [-0.4, -0.2) is 14.8 Å².